The molecule has 2 aliphatic rings. The van der Waals surface area contributed by atoms with E-state index in [0.717, 1.165) is 17.8 Å². The zero-order valence-electron chi connectivity index (χ0n) is 21.8. The van der Waals surface area contributed by atoms with E-state index in [-0.39, 0.29) is 29.8 Å². The van der Waals surface area contributed by atoms with Crippen molar-refractivity contribution in [2.24, 2.45) is 11.8 Å². The summed E-state index contributed by atoms with van der Waals surface area (Å²) in [5, 5.41) is 1.17. The fourth-order valence-electron chi connectivity index (χ4n) is 5.61. The predicted octanol–water partition coefficient (Wildman–Crippen LogP) is 6.73. The van der Waals surface area contributed by atoms with Gasteiger partial charge in [0.15, 0.2) is 0 Å². The molecule has 0 spiro atoms. The average Bonchev–Trinajstić information content (AvgIpc) is 3.40. The van der Waals surface area contributed by atoms with Crippen LogP contribution in [0.15, 0.2) is 60.9 Å². The number of alkyl halides is 3. The fourth-order valence-corrected chi connectivity index (χ4v) is 5.85. The Labute approximate surface area is 241 Å². The van der Waals surface area contributed by atoms with Crippen LogP contribution in [0.4, 0.5) is 19.0 Å². The van der Waals surface area contributed by atoms with Gasteiger partial charge in [0.05, 0.1) is 10.6 Å². The maximum absolute atomic E-state index is 13.7. The first kappa shape index (κ1) is 28.5. The number of benzene rings is 1. The number of amides is 1. The summed E-state index contributed by atoms with van der Waals surface area (Å²) in [6, 6.07) is 13.6. The van der Waals surface area contributed by atoms with Crippen LogP contribution in [-0.2, 0) is 11.0 Å². The lowest BCUT2D eigenvalue weighted by Crippen LogP contribution is -2.42. The van der Waals surface area contributed by atoms with E-state index in [9.17, 15) is 18.0 Å². The normalized spacial score (nSPS) is 20.9. The highest BCUT2D eigenvalue weighted by Crippen LogP contribution is 2.38. The largest absolute Gasteiger partial charge is 0.474 e. The summed E-state index contributed by atoms with van der Waals surface area (Å²) in [5.41, 5.74) is 0.317. The first-order chi connectivity index (χ1) is 19.1. The molecule has 212 valence electrons. The summed E-state index contributed by atoms with van der Waals surface area (Å²) in [5.74, 6) is 0.979. The minimum Gasteiger partial charge on any atom is -0.474 e. The van der Waals surface area contributed by atoms with Gasteiger partial charge in [-0.05, 0) is 55.7 Å². The number of carbonyl (C=O) groups excluding carboxylic acids is 1. The van der Waals surface area contributed by atoms with E-state index in [1.165, 1.54) is 12.3 Å². The topological polar surface area (TPSA) is 58.6 Å². The summed E-state index contributed by atoms with van der Waals surface area (Å²) >= 11 is 12.1. The van der Waals surface area contributed by atoms with E-state index in [0.29, 0.717) is 60.8 Å². The Morgan fingerprint density at radius 3 is 2.25 bits per heavy atom. The van der Waals surface area contributed by atoms with E-state index in [1.54, 1.807) is 12.1 Å². The highest BCUT2D eigenvalue weighted by Gasteiger charge is 2.42. The van der Waals surface area contributed by atoms with Crippen molar-refractivity contribution < 1.29 is 22.7 Å². The highest BCUT2D eigenvalue weighted by molar-refractivity contribution is 6.30. The van der Waals surface area contributed by atoms with Gasteiger partial charge in [0.2, 0.25) is 11.8 Å². The van der Waals surface area contributed by atoms with Gasteiger partial charge in [-0.2, -0.15) is 13.2 Å². The smallest absolute Gasteiger partial charge is 0.417 e. The van der Waals surface area contributed by atoms with Gasteiger partial charge in [-0.1, -0.05) is 35.3 Å². The predicted molar refractivity (Wildman–Crippen MR) is 148 cm³/mol. The zero-order valence-corrected chi connectivity index (χ0v) is 23.3. The van der Waals surface area contributed by atoms with Crippen LogP contribution < -0.4 is 9.64 Å². The summed E-state index contributed by atoms with van der Waals surface area (Å²) in [4.78, 5) is 25.8. The standard InChI is InChI=1S/C29H29Cl2F3N4O2/c1-18(40-27-9-7-23(31)15-36-27)24-16-38(17-25(24)19-2-5-22(30)6-3-19)28(39)20-10-12-37(13-11-20)26-8-4-21(14-35-26)29(32,33)34/h2-9,14-15,18,20,24-25H,10-13,16-17H2,1H3/t18-,24+,25?/m0/s1. The monoisotopic (exact) mass is 592 g/mol. The maximum Gasteiger partial charge on any atom is 0.417 e. The molecule has 2 fully saturated rings. The second-order valence-corrected chi connectivity index (χ2v) is 11.2. The minimum atomic E-state index is -4.42. The molecule has 0 bridgehead atoms. The summed E-state index contributed by atoms with van der Waals surface area (Å²) < 4.78 is 44.8. The van der Waals surface area contributed by atoms with Crippen LogP contribution in [0.25, 0.3) is 0 Å². The molecule has 1 aromatic carbocycles. The number of rotatable bonds is 6. The molecule has 2 aromatic heterocycles. The van der Waals surface area contributed by atoms with Crippen LogP contribution in [-0.4, -0.2) is 53.1 Å². The van der Waals surface area contributed by atoms with Gasteiger partial charge < -0.3 is 14.5 Å². The van der Waals surface area contributed by atoms with Crippen LogP contribution >= 0.6 is 23.2 Å². The van der Waals surface area contributed by atoms with E-state index in [1.807, 2.05) is 41.0 Å². The first-order valence-electron chi connectivity index (χ1n) is 13.2. The lowest BCUT2D eigenvalue weighted by Gasteiger charge is -2.34. The Bertz CT molecular complexity index is 1300. The summed E-state index contributed by atoms with van der Waals surface area (Å²) in [6.45, 7) is 4.20. The van der Waals surface area contributed by atoms with Gasteiger partial charge in [0, 0.05) is 67.4 Å². The second-order valence-electron chi connectivity index (χ2n) is 10.4. The number of ether oxygens (including phenoxy) is 1. The van der Waals surface area contributed by atoms with Gasteiger partial charge in [0.1, 0.15) is 11.9 Å². The minimum absolute atomic E-state index is 0.0269. The van der Waals surface area contributed by atoms with E-state index < -0.39 is 11.7 Å². The van der Waals surface area contributed by atoms with Crippen LogP contribution in [0.1, 0.15) is 36.8 Å². The lowest BCUT2D eigenvalue weighted by molar-refractivity contribution is -0.138. The summed E-state index contributed by atoms with van der Waals surface area (Å²) in [6.07, 6.45) is -1.03. The van der Waals surface area contributed by atoms with E-state index >= 15 is 0 Å². The molecule has 2 saturated heterocycles. The molecular weight excluding hydrogens is 564 g/mol. The van der Waals surface area contributed by atoms with Gasteiger partial charge >= 0.3 is 6.18 Å². The quantitative estimate of drug-likeness (QED) is 0.318. The molecule has 0 radical (unpaired) electrons. The number of nitrogens with zero attached hydrogens (tertiary/aromatic N) is 4. The molecule has 6 nitrogen and oxygen atoms in total. The zero-order chi connectivity index (χ0) is 28.4. The molecule has 0 aliphatic carbocycles. The number of pyridine rings is 2. The molecule has 0 saturated carbocycles. The second kappa shape index (κ2) is 11.8. The molecule has 1 unspecified atom stereocenters. The number of likely N-dealkylation sites (tertiary alicyclic amines) is 1. The average molecular weight is 593 g/mol. The van der Waals surface area contributed by atoms with Crippen molar-refractivity contribution in [3.8, 4) is 5.88 Å². The lowest BCUT2D eigenvalue weighted by atomic mass is 9.86. The number of piperidine rings is 1. The Morgan fingerprint density at radius 2 is 1.65 bits per heavy atom. The third-order valence-electron chi connectivity index (χ3n) is 7.83. The Hall–Kier alpha value is -3.04. The van der Waals surface area contributed by atoms with Gasteiger partial charge in [-0.3, -0.25) is 4.79 Å². The van der Waals surface area contributed by atoms with Gasteiger partial charge in [-0.15, -0.1) is 0 Å². The molecule has 4 heterocycles. The maximum atomic E-state index is 13.7. The van der Waals surface area contributed by atoms with Crippen LogP contribution in [0.5, 0.6) is 5.88 Å². The molecule has 11 heteroatoms. The van der Waals surface area contributed by atoms with Gasteiger partial charge in [0.25, 0.3) is 0 Å². The fraction of sp³-hybridized carbons (Fsp3) is 0.414. The summed E-state index contributed by atoms with van der Waals surface area (Å²) in [7, 11) is 0. The third-order valence-corrected chi connectivity index (χ3v) is 8.30. The molecule has 0 N–H and O–H groups in total. The molecule has 40 heavy (non-hydrogen) atoms. The number of anilines is 1. The number of carbonyl (C=O) groups is 1. The van der Waals surface area contributed by atoms with Crippen molar-refractivity contribution in [1.82, 2.24) is 14.9 Å². The third kappa shape index (κ3) is 6.47. The van der Waals surface area contributed by atoms with Gasteiger partial charge in [-0.25, -0.2) is 9.97 Å². The Morgan fingerprint density at radius 1 is 0.950 bits per heavy atom. The van der Waals surface area contributed by atoms with E-state index in [4.69, 9.17) is 27.9 Å². The van der Waals surface area contributed by atoms with Crippen LogP contribution in [0.2, 0.25) is 10.0 Å². The van der Waals surface area contributed by atoms with Crippen molar-refractivity contribution in [1.29, 1.82) is 0 Å². The number of halogens is 5. The van der Waals surface area contributed by atoms with Crippen molar-refractivity contribution in [2.75, 3.05) is 31.1 Å². The molecule has 2 aliphatic heterocycles. The van der Waals surface area contributed by atoms with Crippen molar-refractivity contribution in [3.05, 3.63) is 82.1 Å². The number of hydrogen-bond donors (Lipinski definition) is 0. The SMILES string of the molecule is C[C@H](Oc1ccc(Cl)cn1)[C@H]1CN(C(=O)C2CCN(c3ccc(C(F)(F)F)cn3)CC2)CC1c1ccc(Cl)cc1. The number of hydrogen-bond acceptors (Lipinski definition) is 5. The molecule has 3 atom stereocenters. The Balaban J connectivity index is 1.25. The van der Waals surface area contributed by atoms with Crippen molar-refractivity contribution in [2.45, 2.75) is 38.0 Å². The van der Waals surface area contributed by atoms with E-state index in [2.05, 4.69) is 9.97 Å². The highest BCUT2D eigenvalue weighted by atomic mass is 35.5. The molecule has 3 aromatic rings. The van der Waals surface area contributed by atoms with Crippen LogP contribution in [0, 0.1) is 11.8 Å². The molecule has 5 rings (SSSR count). The molecular formula is C29H29Cl2F3N4O2. The van der Waals surface area contributed by atoms with Crippen LogP contribution in [0.3, 0.4) is 0 Å². The first-order valence-corrected chi connectivity index (χ1v) is 13.9. The molecule has 1 amide bonds. The van der Waals surface area contributed by atoms with Crippen molar-refractivity contribution in [3.63, 3.8) is 0 Å². The number of aromatic nitrogens is 2. The van der Waals surface area contributed by atoms with Crippen molar-refractivity contribution >= 4 is 34.9 Å². The Kier molecular flexibility index (Phi) is 8.42.